The topological polar surface area (TPSA) is 62.8 Å². The number of halogens is 2. The van der Waals surface area contributed by atoms with Gasteiger partial charge >= 0.3 is 0 Å². The molecule has 25 heavy (non-hydrogen) atoms. The Hall–Kier alpha value is -1.05. The van der Waals surface area contributed by atoms with Gasteiger partial charge in [0.25, 0.3) is 5.91 Å². The lowest BCUT2D eigenvalue weighted by Crippen LogP contribution is -2.47. The molecule has 6 nitrogen and oxygen atoms in total. The van der Waals surface area contributed by atoms with E-state index in [0.717, 1.165) is 31.0 Å². The Kier molecular flexibility index (Phi) is 8.96. The molecule has 2 aliphatic heterocycles. The molecule has 8 heteroatoms. The third-order valence-corrected chi connectivity index (χ3v) is 4.14. The molecule has 3 unspecified atom stereocenters. The molecule has 0 bridgehead atoms. The number of rotatable bonds is 3. The highest BCUT2D eigenvalue weighted by Crippen LogP contribution is 2.28. The second-order valence-electron chi connectivity index (χ2n) is 6.23. The molecule has 0 aromatic heterocycles. The van der Waals surface area contributed by atoms with Crippen LogP contribution in [0.25, 0.3) is 0 Å². The zero-order chi connectivity index (χ0) is 16.2. The van der Waals surface area contributed by atoms with Gasteiger partial charge in [-0.25, -0.2) is 0 Å². The Bertz CT molecular complexity index is 546. The number of carbonyl (C=O) groups is 1. The van der Waals surface area contributed by atoms with Crippen LogP contribution in [0.2, 0.25) is 0 Å². The summed E-state index contributed by atoms with van der Waals surface area (Å²) in [4.78, 5) is 14.7. The van der Waals surface area contributed by atoms with E-state index in [1.165, 1.54) is 0 Å². The van der Waals surface area contributed by atoms with E-state index in [2.05, 4.69) is 29.4 Å². The third-order valence-electron chi connectivity index (χ3n) is 4.14. The fraction of sp³-hybridized carbons (Fsp3) is 0.588. The molecule has 1 aromatic rings. The summed E-state index contributed by atoms with van der Waals surface area (Å²) < 4.78 is 11.3. The molecule has 2 fully saturated rings. The molecular formula is C17H27Cl2N3O3. The molecule has 0 aliphatic carbocycles. The van der Waals surface area contributed by atoms with Crippen molar-refractivity contribution in [2.75, 3.05) is 43.0 Å². The largest absolute Gasteiger partial charge is 0.372 e. The number of ether oxygens (including phenoxy) is 2. The van der Waals surface area contributed by atoms with Crippen molar-refractivity contribution in [2.24, 2.45) is 0 Å². The molecule has 0 radical (unpaired) electrons. The smallest absolute Gasteiger partial charge is 0.254 e. The third kappa shape index (κ3) is 5.72. The van der Waals surface area contributed by atoms with Crippen LogP contribution in [0, 0.1) is 0 Å². The first-order valence-electron chi connectivity index (χ1n) is 8.26. The summed E-state index contributed by atoms with van der Waals surface area (Å²) in [6, 6.07) is 7.91. The van der Waals surface area contributed by atoms with Crippen molar-refractivity contribution in [3.05, 3.63) is 24.3 Å². The van der Waals surface area contributed by atoms with Gasteiger partial charge in [0.2, 0.25) is 0 Å². The SMILES string of the molecule is CC1CN(c2ccccc2NC(=O)C2CNCCO2)CC(C)O1.Cl.Cl. The van der Waals surface area contributed by atoms with Gasteiger partial charge in [-0.1, -0.05) is 12.1 Å². The summed E-state index contributed by atoms with van der Waals surface area (Å²) in [6.45, 7) is 7.70. The predicted molar refractivity (Wildman–Crippen MR) is 104 cm³/mol. The summed E-state index contributed by atoms with van der Waals surface area (Å²) in [5, 5.41) is 6.20. The summed E-state index contributed by atoms with van der Waals surface area (Å²) in [5.41, 5.74) is 1.86. The molecule has 2 heterocycles. The minimum absolute atomic E-state index is 0. The highest BCUT2D eigenvalue weighted by Gasteiger charge is 2.26. The number of morpholine rings is 2. The maximum Gasteiger partial charge on any atom is 0.254 e. The van der Waals surface area contributed by atoms with Crippen molar-refractivity contribution in [3.8, 4) is 0 Å². The van der Waals surface area contributed by atoms with Crippen molar-refractivity contribution in [3.63, 3.8) is 0 Å². The minimum atomic E-state index is -0.431. The number of anilines is 2. The van der Waals surface area contributed by atoms with Gasteiger partial charge in [0.15, 0.2) is 0 Å². The van der Waals surface area contributed by atoms with Gasteiger partial charge in [-0.3, -0.25) is 4.79 Å². The average molecular weight is 392 g/mol. The fourth-order valence-corrected chi connectivity index (χ4v) is 3.18. The molecule has 1 aromatic carbocycles. The first kappa shape index (κ1) is 22.0. The van der Waals surface area contributed by atoms with E-state index in [4.69, 9.17) is 9.47 Å². The summed E-state index contributed by atoms with van der Waals surface area (Å²) in [7, 11) is 0. The molecule has 2 saturated heterocycles. The number of hydrogen-bond acceptors (Lipinski definition) is 5. The predicted octanol–water partition coefficient (Wildman–Crippen LogP) is 2.07. The molecule has 1 amide bonds. The number of hydrogen-bond donors (Lipinski definition) is 2. The van der Waals surface area contributed by atoms with Crippen LogP contribution in [0.5, 0.6) is 0 Å². The number of benzene rings is 1. The zero-order valence-corrected chi connectivity index (χ0v) is 16.2. The molecule has 0 spiro atoms. The summed E-state index contributed by atoms with van der Waals surface area (Å²) in [5.74, 6) is -0.0981. The van der Waals surface area contributed by atoms with Crippen LogP contribution in [0.15, 0.2) is 24.3 Å². The highest BCUT2D eigenvalue weighted by atomic mass is 35.5. The van der Waals surface area contributed by atoms with Crippen LogP contribution in [0.4, 0.5) is 11.4 Å². The van der Waals surface area contributed by atoms with Crippen LogP contribution in [-0.2, 0) is 14.3 Å². The summed E-state index contributed by atoms with van der Waals surface area (Å²) in [6.07, 6.45) is -0.0823. The van der Waals surface area contributed by atoms with E-state index >= 15 is 0 Å². The van der Waals surface area contributed by atoms with Gasteiger partial charge in [-0.2, -0.15) is 0 Å². The Morgan fingerprint density at radius 3 is 2.52 bits per heavy atom. The second-order valence-corrected chi connectivity index (χ2v) is 6.23. The normalized spacial score (nSPS) is 26.2. The fourth-order valence-electron chi connectivity index (χ4n) is 3.18. The quantitative estimate of drug-likeness (QED) is 0.825. The van der Waals surface area contributed by atoms with Gasteiger partial charge in [-0.05, 0) is 26.0 Å². The molecule has 0 saturated carbocycles. The summed E-state index contributed by atoms with van der Waals surface area (Å²) >= 11 is 0. The van der Waals surface area contributed by atoms with Crippen molar-refractivity contribution >= 4 is 42.1 Å². The van der Waals surface area contributed by atoms with E-state index < -0.39 is 6.10 Å². The lowest BCUT2D eigenvalue weighted by molar-refractivity contribution is -0.128. The van der Waals surface area contributed by atoms with Crippen LogP contribution in [0.3, 0.4) is 0 Å². The van der Waals surface area contributed by atoms with Crippen LogP contribution in [0.1, 0.15) is 13.8 Å². The lowest BCUT2D eigenvalue weighted by Gasteiger charge is -2.37. The highest BCUT2D eigenvalue weighted by molar-refractivity contribution is 5.97. The second kappa shape index (κ2) is 10.2. The van der Waals surface area contributed by atoms with Crippen LogP contribution < -0.4 is 15.5 Å². The van der Waals surface area contributed by atoms with Gasteiger partial charge < -0.3 is 25.0 Å². The lowest BCUT2D eigenvalue weighted by atomic mass is 10.1. The maximum atomic E-state index is 12.4. The molecule has 2 aliphatic rings. The Balaban J connectivity index is 0.00000156. The van der Waals surface area contributed by atoms with Crippen LogP contribution >= 0.6 is 24.8 Å². The zero-order valence-electron chi connectivity index (χ0n) is 14.6. The number of amides is 1. The van der Waals surface area contributed by atoms with E-state index in [-0.39, 0.29) is 42.9 Å². The Morgan fingerprint density at radius 1 is 1.20 bits per heavy atom. The van der Waals surface area contributed by atoms with E-state index in [0.29, 0.717) is 13.2 Å². The molecule has 3 rings (SSSR count). The van der Waals surface area contributed by atoms with Gasteiger partial charge in [0, 0.05) is 26.2 Å². The first-order chi connectivity index (χ1) is 11.1. The molecule has 2 N–H and O–H groups in total. The molecule has 3 atom stereocenters. The van der Waals surface area contributed by atoms with Crippen molar-refractivity contribution < 1.29 is 14.3 Å². The van der Waals surface area contributed by atoms with Gasteiger partial charge in [0.05, 0.1) is 30.2 Å². The van der Waals surface area contributed by atoms with E-state index in [9.17, 15) is 4.79 Å². The van der Waals surface area contributed by atoms with Crippen molar-refractivity contribution in [2.45, 2.75) is 32.2 Å². The number of nitrogens with one attached hydrogen (secondary N) is 2. The average Bonchev–Trinajstić information content (AvgIpc) is 2.55. The monoisotopic (exact) mass is 391 g/mol. The Morgan fingerprint density at radius 2 is 1.88 bits per heavy atom. The van der Waals surface area contributed by atoms with Gasteiger partial charge in [-0.15, -0.1) is 24.8 Å². The molecular weight excluding hydrogens is 365 g/mol. The number of nitrogens with zero attached hydrogens (tertiary/aromatic N) is 1. The van der Waals surface area contributed by atoms with E-state index in [1.807, 2.05) is 24.3 Å². The van der Waals surface area contributed by atoms with E-state index in [1.54, 1.807) is 0 Å². The Labute approximate surface area is 161 Å². The molecule has 142 valence electrons. The van der Waals surface area contributed by atoms with Crippen molar-refractivity contribution in [1.29, 1.82) is 0 Å². The standard InChI is InChI=1S/C17H25N3O3.2ClH/c1-12-10-20(11-13(2)23-12)15-6-4-3-5-14(15)19-17(21)16-9-18-7-8-22-16;;/h3-6,12-13,16,18H,7-11H2,1-2H3,(H,19,21);2*1H. The van der Waals surface area contributed by atoms with Crippen molar-refractivity contribution in [1.82, 2.24) is 5.32 Å². The maximum absolute atomic E-state index is 12.4. The number of carbonyl (C=O) groups excluding carboxylic acids is 1. The minimum Gasteiger partial charge on any atom is -0.372 e. The first-order valence-corrected chi connectivity index (χ1v) is 8.26. The number of para-hydroxylation sites is 2. The van der Waals surface area contributed by atoms with Gasteiger partial charge in [0.1, 0.15) is 6.10 Å². The van der Waals surface area contributed by atoms with Crippen LogP contribution in [-0.4, -0.2) is 57.0 Å².